The predicted molar refractivity (Wildman–Crippen MR) is 122 cm³/mol. The molecule has 5 nitrogen and oxygen atoms in total. The molecule has 0 saturated heterocycles. The molecule has 0 amide bonds. The van der Waals surface area contributed by atoms with Crippen LogP contribution in [0.3, 0.4) is 0 Å². The molecule has 0 heterocycles. The largest absolute Gasteiger partial charge is 0.493 e. The molecule has 148 valence electrons. The normalized spacial score (nSPS) is 10.6. The number of para-hydroxylation sites is 1. The summed E-state index contributed by atoms with van der Waals surface area (Å²) < 4.78 is 11.3. The van der Waals surface area contributed by atoms with Crippen LogP contribution >= 0.6 is 23.8 Å². The van der Waals surface area contributed by atoms with Crippen LogP contribution in [0.15, 0.2) is 77.9 Å². The van der Waals surface area contributed by atoms with E-state index in [1.165, 1.54) is 0 Å². The molecule has 0 aliphatic carbocycles. The highest BCUT2D eigenvalue weighted by Crippen LogP contribution is 2.29. The van der Waals surface area contributed by atoms with Gasteiger partial charge in [-0.05, 0) is 54.2 Å². The quantitative estimate of drug-likeness (QED) is 0.307. The molecular formula is C22H20ClN3O2S. The van der Waals surface area contributed by atoms with E-state index in [9.17, 15) is 0 Å². The van der Waals surface area contributed by atoms with Crippen molar-refractivity contribution in [3.63, 3.8) is 0 Å². The lowest BCUT2D eigenvalue weighted by Gasteiger charge is -2.12. The van der Waals surface area contributed by atoms with Crippen LogP contribution in [0.1, 0.15) is 11.1 Å². The Labute approximate surface area is 180 Å². The van der Waals surface area contributed by atoms with Crippen molar-refractivity contribution >= 4 is 40.8 Å². The second kappa shape index (κ2) is 10.5. The molecule has 0 fully saturated rings. The van der Waals surface area contributed by atoms with E-state index in [2.05, 4.69) is 15.8 Å². The van der Waals surface area contributed by atoms with Crippen LogP contribution < -0.4 is 20.2 Å². The minimum absolute atomic E-state index is 0.352. The van der Waals surface area contributed by atoms with Crippen molar-refractivity contribution in [2.75, 3.05) is 12.4 Å². The Morgan fingerprint density at radius 2 is 1.79 bits per heavy atom. The minimum atomic E-state index is 0.352. The van der Waals surface area contributed by atoms with Gasteiger partial charge in [0.2, 0.25) is 0 Å². The third-order valence-electron chi connectivity index (χ3n) is 3.94. The van der Waals surface area contributed by atoms with E-state index in [0.717, 1.165) is 16.8 Å². The number of thiocarbonyl (C=S) groups is 1. The third-order valence-corrected chi connectivity index (χ3v) is 4.50. The molecule has 0 aliphatic heterocycles. The Bertz CT molecular complexity index is 996. The number of rotatable bonds is 7. The lowest BCUT2D eigenvalue weighted by molar-refractivity contribution is 0.284. The summed E-state index contributed by atoms with van der Waals surface area (Å²) in [5.74, 6) is 1.23. The van der Waals surface area contributed by atoms with Crippen LogP contribution in [0.5, 0.6) is 11.5 Å². The summed E-state index contributed by atoms with van der Waals surface area (Å²) >= 11 is 11.4. The summed E-state index contributed by atoms with van der Waals surface area (Å²) in [5, 5.41) is 8.27. The van der Waals surface area contributed by atoms with Gasteiger partial charge in [0.05, 0.1) is 13.3 Å². The van der Waals surface area contributed by atoms with E-state index in [4.69, 9.17) is 33.3 Å². The Kier molecular flexibility index (Phi) is 7.44. The summed E-state index contributed by atoms with van der Waals surface area (Å²) in [4.78, 5) is 0. The fourth-order valence-electron chi connectivity index (χ4n) is 2.50. The number of nitrogens with zero attached hydrogens (tertiary/aromatic N) is 1. The predicted octanol–water partition coefficient (Wildman–Crippen LogP) is 5.25. The van der Waals surface area contributed by atoms with E-state index >= 15 is 0 Å². The minimum Gasteiger partial charge on any atom is -0.493 e. The van der Waals surface area contributed by atoms with Gasteiger partial charge in [0.15, 0.2) is 16.6 Å². The first-order valence-corrected chi connectivity index (χ1v) is 9.63. The van der Waals surface area contributed by atoms with Crippen LogP contribution in [0.25, 0.3) is 0 Å². The Morgan fingerprint density at radius 1 is 1.03 bits per heavy atom. The number of benzene rings is 3. The van der Waals surface area contributed by atoms with Gasteiger partial charge in [-0.1, -0.05) is 48.0 Å². The number of methoxy groups -OCH3 is 1. The zero-order valence-electron chi connectivity index (χ0n) is 15.8. The fourth-order valence-corrected chi connectivity index (χ4v) is 2.86. The number of ether oxygens (including phenoxy) is 2. The Hall–Kier alpha value is -3.09. The molecule has 7 heteroatoms. The van der Waals surface area contributed by atoms with Crippen molar-refractivity contribution in [3.8, 4) is 11.5 Å². The third kappa shape index (κ3) is 6.20. The molecule has 3 rings (SSSR count). The number of hydrazone groups is 1. The topological polar surface area (TPSA) is 54.9 Å². The highest BCUT2D eigenvalue weighted by molar-refractivity contribution is 7.80. The molecule has 0 aliphatic rings. The van der Waals surface area contributed by atoms with Gasteiger partial charge in [-0.2, -0.15) is 5.10 Å². The molecule has 0 radical (unpaired) electrons. The summed E-state index contributed by atoms with van der Waals surface area (Å²) in [7, 11) is 1.59. The van der Waals surface area contributed by atoms with Crippen LogP contribution in [0, 0.1) is 0 Å². The maximum atomic E-state index is 6.17. The number of hydrogen-bond acceptors (Lipinski definition) is 4. The Morgan fingerprint density at radius 3 is 2.55 bits per heavy atom. The van der Waals surface area contributed by atoms with Gasteiger partial charge >= 0.3 is 0 Å². The summed E-state index contributed by atoms with van der Waals surface area (Å²) in [6.07, 6.45) is 1.65. The number of nitrogens with one attached hydrogen (secondary N) is 2. The molecule has 2 N–H and O–H groups in total. The van der Waals surface area contributed by atoms with Crippen LogP contribution in [0.2, 0.25) is 5.02 Å². The average Bonchev–Trinajstić information content (AvgIpc) is 2.74. The van der Waals surface area contributed by atoms with Gasteiger partial charge < -0.3 is 14.8 Å². The molecule has 0 unspecified atom stereocenters. The maximum absolute atomic E-state index is 6.17. The lowest BCUT2D eigenvalue weighted by atomic mass is 10.2. The molecule has 0 saturated carbocycles. The van der Waals surface area contributed by atoms with Crippen LogP contribution in [0.4, 0.5) is 5.69 Å². The monoisotopic (exact) mass is 425 g/mol. The van der Waals surface area contributed by atoms with Crippen molar-refractivity contribution in [1.29, 1.82) is 0 Å². The van der Waals surface area contributed by atoms with Gasteiger partial charge in [-0.15, -0.1) is 0 Å². The molecular weight excluding hydrogens is 406 g/mol. The SMILES string of the molecule is COc1cc(C=NNC(=S)Nc2ccccc2)ccc1OCc1ccccc1Cl. The molecule has 0 spiro atoms. The molecule has 0 aromatic heterocycles. The van der Waals surface area contributed by atoms with Gasteiger partial charge in [0.1, 0.15) is 6.61 Å². The summed E-state index contributed by atoms with van der Waals surface area (Å²) in [5.41, 5.74) is 5.42. The standard InChI is InChI=1S/C22H20ClN3O2S/c1-27-21-13-16(14-24-26-22(29)25-18-8-3-2-4-9-18)11-12-20(21)28-15-17-7-5-6-10-19(17)23/h2-14H,15H2,1H3,(H2,25,26,29). The highest BCUT2D eigenvalue weighted by Gasteiger charge is 2.07. The summed E-state index contributed by atoms with van der Waals surface area (Å²) in [6.45, 7) is 0.352. The van der Waals surface area contributed by atoms with Crippen molar-refractivity contribution in [2.45, 2.75) is 6.61 Å². The van der Waals surface area contributed by atoms with E-state index in [1.54, 1.807) is 13.3 Å². The zero-order chi connectivity index (χ0) is 20.5. The van der Waals surface area contributed by atoms with E-state index in [1.807, 2.05) is 72.8 Å². The van der Waals surface area contributed by atoms with Gasteiger partial charge in [0.25, 0.3) is 0 Å². The lowest BCUT2D eigenvalue weighted by Crippen LogP contribution is -2.23. The fraction of sp³-hybridized carbons (Fsp3) is 0.0909. The molecule has 3 aromatic carbocycles. The highest BCUT2D eigenvalue weighted by atomic mass is 35.5. The van der Waals surface area contributed by atoms with E-state index in [-0.39, 0.29) is 0 Å². The first kappa shape index (κ1) is 20.6. The van der Waals surface area contributed by atoms with E-state index in [0.29, 0.717) is 28.2 Å². The van der Waals surface area contributed by atoms with Crippen molar-refractivity contribution in [1.82, 2.24) is 5.43 Å². The van der Waals surface area contributed by atoms with Crippen molar-refractivity contribution in [3.05, 3.63) is 88.9 Å². The second-order valence-corrected chi connectivity index (χ2v) is 6.80. The smallest absolute Gasteiger partial charge is 0.191 e. The number of halogens is 1. The molecule has 0 bridgehead atoms. The van der Waals surface area contributed by atoms with Gasteiger partial charge in [-0.25, -0.2) is 0 Å². The molecule has 0 atom stereocenters. The second-order valence-electron chi connectivity index (χ2n) is 5.98. The maximum Gasteiger partial charge on any atom is 0.191 e. The zero-order valence-corrected chi connectivity index (χ0v) is 17.3. The number of anilines is 1. The first-order chi connectivity index (χ1) is 14.2. The molecule has 3 aromatic rings. The van der Waals surface area contributed by atoms with Crippen LogP contribution in [-0.4, -0.2) is 18.4 Å². The van der Waals surface area contributed by atoms with Crippen LogP contribution in [-0.2, 0) is 6.61 Å². The van der Waals surface area contributed by atoms with Gasteiger partial charge in [-0.3, -0.25) is 5.43 Å². The number of hydrogen-bond donors (Lipinski definition) is 2. The Balaban J connectivity index is 1.58. The molecule has 29 heavy (non-hydrogen) atoms. The van der Waals surface area contributed by atoms with Gasteiger partial charge in [0, 0.05) is 16.3 Å². The first-order valence-electron chi connectivity index (χ1n) is 8.85. The van der Waals surface area contributed by atoms with Crippen molar-refractivity contribution < 1.29 is 9.47 Å². The average molecular weight is 426 g/mol. The van der Waals surface area contributed by atoms with Crippen molar-refractivity contribution in [2.24, 2.45) is 5.10 Å². The summed E-state index contributed by atoms with van der Waals surface area (Å²) in [6, 6.07) is 22.7. The van der Waals surface area contributed by atoms with E-state index < -0.39 is 0 Å².